The van der Waals surface area contributed by atoms with Gasteiger partial charge in [0.2, 0.25) is 5.78 Å². The number of aryl methyl sites for hydroxylation is 1. The minimum atomic E-state index is -0.582. The van der Waals surface area contributed by atoms with Crippen LogP contribution < -0.4 is 9.47 Å². The Hall–Kier alpha value is -3.02. The fourth-order valence-electron chi connectivity index (χ4n) is 2.83. The van der Waals surface area contributed by atoms with Gasteiger partial charge in [-0.15, -0.1) is 0 Å². The average Bonchev–Trinajstić information content (AvgIpc) is 2.53. The summed E-state index contributed by atoms with van der Waals surface area (Å²) in [6.07, 6.45) is 0. The molecule has 3 rings (SSSR count). The molecular formula is C17H14O6. The van der Waals surface area contributed by atoms with E-state index in [2.05, 4.69) is 0 Å². The number of phenolic OH excluding ortho intramolecular Hbond substituents is 2. The molecule has 0 amide bonds. The minimum absolute atomic E-state index is 0.0783. The molecule has 2 aromatic rings. The van der Waals surface area contributed by atoms with Crippen LogP contribution in [0.1, 0.15) is 37.4 Å². The molecule has 1 aliphatic rings. The molecule has 0 saturated heterocycles. The molecule has 0 unspecified atom stereocenters. The number of methoxy groups -OCH3 is 2. The molecule has 0 heterocycles. The largest absolute Gasteiger partial charge is 0.507 e. The predicted molar refractivity (Wildman–Crippen MR) is 80.9 cm³/mol. The second-order valence-electron chi connectivity index (χ2n) is 5.24. The van der Waals surface area contributed by atoms with Crippen molar-refractivity contribution in [3.8, 4) is 23.0 Å². The molecular weight excluding hydrogens is 300 g/mol. The van der Waals surface area contributed by atoms with Gasteiger partial charge in [-0.3, -0.25) is 9.59 Å². The summed E-state index contributed by atoms with van der Waals surface area (Å²) in [6, 6.07) is 4.29. The van der Waals surface area contributed by atoms with E-state index in [-0.39, 0.29) is 33.8 Å². The van der Waals surface area contributed by atoms with Gasteiger partial charge < -0.3 is 19.7 Å². The molecule has 0 atom stereocenters. The molecule has 2 N–H and O–H groups in total. The number of carbonyl (C=O) groups is 2. The topological polar surface area (TPSA) is 93.1 Å². The third kappa shape index (κ3) is 1.95. The van der Waals surface area contributed by atoms with Gasteiger partial charge in [-0.25, -0.2) is 0 Å². The fraction of sp³-hybridized carbons (Fsp3) is 0.176. The van der Waals surface area contributed by atoms with Crippen LogP contribution in [0.3, 0.4) is 0 Å². The summed E-state index contributed by atoms with van der Waals surface area (Å²) in [4.78, 5) is 25.6. The number of rotatable bonds is 2. The maximum atomic E-state index is 12.8. The standard InChI is InChI=1S/C17H14O6/c1-7-4-8-12(10(5-7)22-2)17(21)13-9(18)6-11(23-3)16(20)14(13)15(8)19/h4-6,18,20H,1-3H3. The number of carbonyl (C=O) groups excluding carboxylic acids is 2. The Kier molecular flexibility index (Phi) is 3.25. The number of ether oxygens (including phenoxy) is 2. The maximum Gasteiger partial charge on any atom is 0.202 e. The van der Waals surface area contributed by atoms with E-state index in [1.165, 1.54) is 14.2 Å². The average molecular weight is 314 g/mol. The summed E-state index contributed by atoms with van der Waals surface area (Å²) in [7, 11) is 2.69. The van der Waals surface area contributed by atoms with E-state index in [1.807, 2.05) is 0 Å². The van der Waals surface area contributed by atoms with Crippen molar-refractivity contribution in [3.63, 3.8) is 0 Å². The van der Waals surface area contributed by atoms with Crippen molar-refractivity contribution in [3.05, 3.63) is 46.0 Å². The van der Waals surface area contributed by atoms with Crippen LogP contribution in [0.25, 0.3) is 0 Å². The Bertz CT molecular complexity index is 866. The lowest BCUT2D eigenvalue weighted by Crippen LogP contribution is -2.22. The third-order valence-corrected chi connectivity index (χ3v) is 3.86. The first-order valence-corrected chi connectivity index (χ1v) is 6.81. The van der Waals surface area contributed by atoms with Gasteiger partial charge >= 0.3 is 0 Å². The zero-order chi connectivity index (χ0) is 16.9. The van der Waals surface area contributed by atoms with E-state index >= 15 is 0 Å². The van der Waals surface area contributed by atoms with E-state index in [9.17, 15) is 19.8 Å². The lowest BCUT2D eigenvalue weighted by molar-refractivity contribution is 0.0971. The summed E-state index contributed by atoms with van der Waals surface area (Å²) in [5.41, 5.74) is 0.435. The monoisotopic (exact) mass is 314 g/mol. The molecule has 6 nitrogen and oxygen atoms in total. The van der Waals surface area contributed by atoms with E-state index in [1.54, 1.807) is 19.1 Å². The Labute approximate surface area is 131 Å². The highest BCUT2D eigenvalue weighted by Crippen LogP contribution is 2.45. The fourth-order valence-corrected chi connectivity index (χ4v) is 2.83. The van der Waals surface area contributed by atoms with E-state index in [0.717, 1.165) is 11.6 Å². The van der Waals surface area contributed by atoms with Gasteiger partial charge in [-0.05, 0) is 24.6 Å². The van der Waals surface area contributed by atoms with E-state index in [0.29, 0.717) is 0 Å². The van der Waals surface area contributed by atoms with Crippen LogP contribution in [0.5, 0.6) is 23.0 Å². The lowest BCUT2D eigenvalue weighted by Gasteiger charge is -2.22. The number of hydrogen-bond acceptors (Lipinski definition) is 6. The lowest BCUT2D eigenvalue weighted by atomic mass is 9.81. The Morgan fingerprint density at radius 3 is 2.09 bits per heavy atom. The maximum absolute atomic E-state index is 12.8. The van der Waals surface area contributed by atoms with Crippen LogP contribution in [-0.2, 0) is 0 Å². The van der Waals surface area contributed by atoms with Crippen LogP contribution in [-0.4, -0.2) is 36.0 Å². The van der Waals surface area contributed by atoms with Crippen LogP contribution >= 0.6 is 0 Å². The van der Waals surface area contributed by atoms with Gasteiger partial charge in [-0.1, -0.05) is 0 Å². The molecule has 0 aromatic heterocycles. The summed E-state index contributed by atoms with van der Waals surface area (Å²) in [5, 5.41) is 20.3. The molecule has 0 fully saturated rings. The van der Waals surface area contributed by atoms with Crippen LogP contribution in [0, 0.1) is 6.92 Å². The normalized spacial score (nSPS) is 12.7. The molecule has 0 spiro atoms. The first-order valence-electron chi connectivity index (χ1n) is 6.81. The first-order chi connectivity index (χ1) is 10.9. The molecule has 118 valence electrons. The number of phenols is 2. The second kappa shape index (κ2) is 5.01. The number of aromatic hydroxyl groups is 2. The number of fused-ring (bicyclic) bond motifs is 2. The van der Waals surface area contributed by atoms with Gasteiger partial charge in [0.1, 0.15) is 11.5 Å². The Morgan fingerprint density at radius 1 is 0.826 bits per heavy atom. The van der Waals surface area contributed by atoms with Crippen molar-refractivity contribution < 1.29 is 29.3 Å². The van der Waals surface area contributed by atoms with Crippen molar-refractivity contribution in [2.75, 3.05) is 14.2 Å². The Morgan fingerprint density at radius 2 is 1.48 bits per heavy atom. The summed E-state index contributed by atoms with van der Waals surface area (Å²) < 4.78 is 10.1. The van der Waals surface area contributed by atoms with Gasteiger partial charge in [0.25, 0.3) is 0 Å². The zero-order valence-electron chi connectivity index (χ0n) is 12.8. The highest BCUT2D eigenvalue weighted by Gasteiger charge is 2.38. The van der Waals surface area contributed by atoms with Crippen molar-refractivity contribution in [2.45, 2.75) is 6.92 Å². The van der Waals surface area contributed by atoms with E-state index in [4.69, 9.17) is 9.47 Å². The van der Waals surface area contributed by atoms with Crippen molar-refractivity contribution in [1.82, 2.24) is 0 Å². The second-order valence-corrected chi connectivity index (χ2v) is 5.24. The van der Waals surface area contributed by atoms with Crippen molar-refractivity contribution in [2.24, 2.45) is 0 Å². The van der Waals surface area contributed by atoms with E-state index < -0.39 is 23.1 Å². The number of benzene rings is 2. The molecule has 23 heavy (non-hydrogen) atoms. The van der Waals surface area contributed by atoms with Gasteiger partial charge in [0.05, 0.1) is 30.9 Å². The molecule has 0 saturated carbocycles. The summed E-state index contributed by atoms with van der Waals surface area (Å²) in [6.45, 7) is 1.76. The SMILES string of the molecule is COc1cc(O)c2c(c1O)C(=O)c1cc(C)cc(OC)c1C2=O. The molecule has 1 aliphatic carbocycles. The van der Waals surface area contributed by atoms with Crippen molar-refractivity contribution in [1.29, 1.82) is 0 Å². The number of ketones is 2. The molecule has 2 aromatic carbocycles. The summed E-state index contributed by atoms with van der Waals surface area (Å²) >= 11 is 0. The smallest absolute Gasteiger partial charge is 0.202 e. The zero-order valence-corrected chi connectivity index (χ0v) is 12.8. The van der Waals surface area contributed by atoms with Gasteiger partial charge in [-0.2, -0.15) is 0 Å². The van der Waals surface area contributed by atoms with Crippen LogP contribution in [0.4, 0.5) is 0 Å². The molecule has 0 radical (unpaired) electrons. The molecule has 0 bridgehead atoms. The van der Waals surface area contributed by atoms with Crippen LogP contribution in [0.15, 0.2) is 18.2 Å². The highest BCUT2D eigenvalue weighted by molar-refractivity contribution is 6.31. The predicted octanol–water partition coefficient (Wildman–Crippen LogP) is 2.20. The van der Waals surface area contributed by atoms with Crippen LogP contribution in [0.2, 0.25) is 0 Å². The first kappa shape index (κ1) is 14.9. The third-order valence-electron chi connectivity index (χ3n) is 3.86. The van der Waals surface area contributed by atoms with Crippen molar-refractivity contribution >= 4 is 11.6 Å². The minimum Gasteiger partial charge on any atom is -0.507 e. The molecule has 0 aliphatic heterocycles. The highest BCUT2D eigenvalue weighted by atomic mass is 16.5. The summed E-state index contributed by atoms with van der Waals surface area (Å²) in [5.74, 6) is -1.87. The van der Waals surface area contributed by atoms with Gasteiger partial charge in [0.15, 0.2) is 17.3 Å². The Balaban J connectivity index is 2.40. The molecule has 6 heteroatoms. The number of hydrogen-bond donors (Lipinski definition) is 2. The quantitative estimate of drug-likeness (QED) is 0.704. The van der Waals surface area contributed by atoms with Gasteiger partial charge in [0, 0.05) is 11.6 Å².